The van der Waals surface area contributed by atoms with Crippen LogP contribution in [-0.2, 0) is 4.74 Å². The van der Waals surface area contributed by atoms with E-state index in [1.54, 1.807) is 0 Å². The number of fused-ring (bicyclic) bond motifs is 3. The zero-order chi connectivity index (χ0) is 11.0. The summed E-state index contributed by atoms with van der Waals surface area (Å²) in [6.07, 6.45) is 14.2. The quantitative estimate of drug-likeness (QED) is 0.477. The Morgan fingerprint density at radius 1 is 1.18 bits per heavy atom. The molecule has 0 N–H and O–H groups in total. The number of allylic oxidation sites excluding steroid dienone is 2. The number of hydrogen-bond donors (Lipinski definition) is 0. The molecule has 0 radical (unpaired) electrons. The molecule has 5 rings (SSSR count). The van der Waals surface area contributed by atoms with Gasteiger partial charge in [0, 0.05) is 0 Å². The largest absolute Gasteiger partial charge is 0.470 e. The van der Waals surface area contributed by atoms with E-state index >= 15 is 0 Å². The molecule has 1 fully saturated rings. The molecule has 1 heterocycles. The SMILES string of the molecule is C1=Cc2c3c(ccc2=C1)=C1CC=CC12OC2=C3. The minimum Gasteiger partial charge on any atom is -0.470 e. The van der Waals surface area contributed by atoms with E-state index in [0.717, 1.165) is 12.2 Å². The Morgan fingerprint density at radius 2 is 2.18 bits per heavy atom. The maximum Gasteiger partial charge on any atom is 0.206 e. The van der Waals surface area contributed by atoms with Crippen LogP contribution in [0, 0.1) is 0 Å². The summed E-state index contributed by atoms with van der Waals surface area (Å²) in [5.74, 6) is 1.13. The zero-order valence-corrected chi connectivity index (χ0v) is 9.23. The summed E-state index contributed by atoms with van der Waals surface area (Å²) in [7, 11) is 0. The monoisotopic (exact) mass is 218 g/mol. The van der Waals surface area contributed by atoms with Crippen LogP contribution in [0.15, 0.2) is 36.1 Å². The highest BCUT2D eigenvalue weighted by Gasteiger charge is 2.57. The second-order valence-electron chi connectivity index (χ2n) is 4.99. The van der Waals surface area contributed by atoms with E-state index in [9.17, 15) is 0 Å². The fourth-order valence-corrected chi connectivity index (χ4v) is 3.30. The number of benzene rings is 1. The Hall–Kier alpha value is -2.02. The first kappa shape index (κ1) is 8.13. The standard InChI is InChI=1S/C16H10O/c1-3-10-6-7-12-13(11(10)4-1)9-15-16(17-15)8-2-5-14(12)16/h1-4,6-9H,5H2. The van der Waals surface area contributed by atoms with E-state index < -0.39 is 0 Å². The molecule has 1 heteroatoms. The molecule has 80 valence electrons. The van der Waals surface area contributed by atoms with Gasteiger partial charge in [0.25, 0.3) is 0 Å². The van der Waals surface area contributed by atoms with Gasteiger partial charge in [-0.1, -0.05) is 36.4 Å². The number of epoxide rings is 1. The molecule has 1 aromatic rings. The summed E-state index contributed by atoms with van der Waals surface area (Å²) in [5.41, 5.74) is 3.98. The number of ether oxygens (including phenoxy) is 1. The lowest BCUT2D eigenvalue weighted by atomic mass is 9.89. The van der Waals surface area contributed by atoms with Gasteiger partial charge in [-0.2, -0.15) is 0 Å². The predicted molar refractivity (Wildman–Crippen MR) is 68.1 cm³/mol. The maximum absolute atomic E-state index is 5.83. The van der Waals surface area contributed by atoms with Crippen LogP contribution < -0.4 is 10.4 Å². The molecule has 1 nitrogen and oxygen atoms in total. The Bertz CT molecular complexity index is 790. The highest BCUT2D eigenvalue weighted by atomic mass is 16.6. The molecule has 1 aliphatic heterocycles. The topological polar surface area (TPSA) is 12.5 Å². The van der Waals surface area contributed by atoms with Crippen LogP contribution in [0.25, 0.3) is 23.8 Å². The molecule has 1 aromatic carbocycles. The lowest BCUT2D eigenvalue weighted by molar-refractivity contribution is 0.420. The van der Waals surface area contributed by atoms with Crippen LogP contribution in [0.1, 0.15) is 17.5 Å². The van der Waals surface area contributed by atoms with Crippen LogP contribution in [0.5, 0.6) is 0 Å². The van der Waals surface area contributed by atoms with Crippen molar-refractivity contribution in [2.75, 3.05) is 0 Å². The first-order valence-electron chi connectivity index (χ1n) is 6.02. The lowest BCUT2D eigenvalue weighted by Gasteiger charge is -2.11. The predicted octanol–water partition coefficient (Wildman–Crippen LogP) is 1.73. The average Bonchev–Trinajstić information content (AvgIpc) is 2.76. The Kier molecular flexibility index (Phi) is 1.10. The molecule has 0 bridgehead atoms. The van der Waals surface area contributed by atoms with Gasteiger partial charge in [-0.3, -0.25) is 0 Å². The summed E-state index contributed by atoms with van der Waals surface area (Å²) in [4.78, 5) is 0. The van der Waals surface area contributed by atoms with Gasteiger partial charge in [-0.25, -0.2) is 0 Å². The van der Waals surface area contributed by atoms with Gasteiger partial charge in [-0.05, 0) is 45.7 Å². The summed E-state index contributed by atoms with van der Waals surface area (Å²) < 4.78 is 5.83. The molecule has 3 aliphatic carbocycles. The molecule has 0 amide bonds. The van der Waals surface area contributed by atoms with Crippen LogP contribution in [0.3, 0.4) is 0 Å². The van der Waals surface area contributed by atoms with Crippen molar-refractivity contribution in [2.45, 2.75) is 12.0 Å². The minimum absolute atomic E-state index is 0.132. The molecular formula is C16H10O. The van der Waals surface area contributed by atoms with Gasteiger partial charge >= 0.3 is 0 Å². The van der Waals surface area contributed by atoms with Gasteiger partial charge in [-0.15, -0.1) is 0 Å². The van der Waals surface area contributed by atoms with E-state index in [0.29, 0.717) is 0 Å². The Balaban J connectivity index is 2.01. The van der Waals surface area contributed by atoms with Crippen molar-refractivity contribution in [1.29, 1.82) is 0 Å². The molecule has 0 saturated carbocycles. The normalized spacial score (nSPS) is 28.7. The van der Waals surface area contributed by atoms with Gasteiger partial charge in [0.1, 0.15) is 0 Å². The third-order valence-electron chi connectivity index (χ3n) is 4.18. The fraction of sp³-hybridized carbons (Fsp3) is 0.125. The van der Waals surface area contributed by atoms with Crippen LogP contribution in [0.4, 0.5) is 0 Å². The second-order valence-corrected chi connectivity index (χ2v) is 4.99. The van der Waals surface area contributed by atoms with E-state index in [2.05, 4.69) is 48.6 Å². The highest BCUT2D eigenvalue weighted by molar-refractivity contribution is 5.87. The van der Waals surface area contributed by atoms with Crippen molar-refractivity contribution >= 4 is 23.8 Å². The van der Waals surface area contributed by atoms with Crippen molar-refractivity contribution < 1.29 is 4.74 Å². The fourth-order valence-electron chi connectivity index (χ4n) is 3.30. The molecule has 17 heavy (non-hydrogen) atoms. The second kappa shape index (κ2) is 2.30. The molecule has 0 aromatic heterocycles. The molecule has 1 saturated heterocycles. The van der Waals surface area contributed by atoms with Crippen molar-refractivity contribution in [3.8, 4) is 0 Å². The molecule has 1 unspecified atom stereocenters. The lowest BCUT2D eigenvalue weighted by Crippen LogP contribution is -2.24. The summed E-state index contributed by atoms with van der Waals surface area (Å²) in [5, 5.41) is 2.69. The molecule has 1 atom stereocenters. The van der Waals surface area contributed by atoms with Gasteiger partial charge < -0.3 is 4.74 Å². The third-order valence-corrected chi connectivity index (χ3v) is 4.18. The maximum atomic E-state index is 5.83. The van der Waals surface area contributed by atoms with Crippen molar-refractivity contribution in [1.82, 2.24) is 0 Å². The van der Waals surface area contributed by atoms with Gasteiger partial charge in [0.15, 0.2) is 5.76 Å². The number of hydrogen-bond acceptors (Lipinski definition) is 1. The van der Waals surface area contributed by atoms with Gasteiger partial charge in [0.05, 0.1) is 0 Å². The van der Waals surface area contributed by atoms with E-state index in [4.69, 9.17) is 4.74 Å². The van der Waals surface area contributed by atoms with Gasteiger partial charge in [0.2, 0.25) is 5.60 Å². The summed E-state index contributed by atoms with van der Waals surface area (Å²) >= 11 is 0. The van der Waals surface area contributed by atoms with Crippen molar-refractivity contribution in [3.05, 3.63) is 57.7 Å². The number of rotatable bonds is 0. The van der Waals surface area contributed by atoms with Crippen LogP contribution >= 0.6 is 0 Å². The third kappa shape index (κ3) is 0.772. The summed E-state index contributed by atoms with van der Waals surface area (Å²) in [6.45, 7) is 0. The smallest absolute Gasteiger partial charge is 0.206 e. The van der Waals surface area contributed by atoms with E-state index in [1.165, 1.54) is 27.1 Å². The van der Waals surface area contributed by atoms with Crippen LogP contribution in [-0.4, -0.2) is 5.60 Å². The van der Waals surface area contributed by atoms with E-state index in [1.807, 2.05) is 0 Å². The average molecular weight is 218 g/mol. The first-order valence-corrected chi connectivity index (χ1v) is 6.02. The summed E-state index contributed by atoms with van der Waals surface area (Å²) in [6, 6.07) is 4.46. The van der Waals surface area contributed by atoms with Crippen molar-refractivity contribution in [2.24, 2.45) is 0 Å². The highest BCUT2D eigenvalue weighted by Crippen LogP contribution is 2.55. The minimum atomic E-state index is -0.132. The molecule has 1 spiro atoms. The zero-order valence-electron chi connectivity index (χ0n) is 9.23. The van der Waals surface area contributed by atoms with Crippen molar-refractivity contribution in [3.63, 3.8) is 0 Å². The Labute approximate surface area is 98.7 Å². The molecular weight excluding hydrogens is 208 g/mol. The van der Waals surface area contributed by atoms with Crippen LogP contribution in [0.2, 0.25) is 0 Å². The Morgan fingerprint density at radius 3 is 3.18 bits per heavy atom. The van der Waals surface area contributed by atoms with E-state index in [-0.39, 0.29) is 5.60 Å². The molecule has 4 aliphatic rings. The first-order chi connectivity index (χ1) is 8.38.